The Kier molecular flexibility index (Phi) is 2.55. The van der Waals surface area contributed by atoms with E-state index >= 15 is 0 Å². The van der Waals surface area contributed by atoms with Crippen LogP contribution in [0.5, 0.6) is 0 Å². The molecule has 0 saturated heterocycles. The van der Waals surface area contributed by atoms with Gasteiger partial charge in [0, 0.05) is 21.3 Å². The van der Waals surface area contributed by atoms with Crippen LogP contribution in [0.15, 0.2) is 45.7 Å². The van der Waals surface area contributed by atoms with E-state index in [9.17, 15) is 4.79 Å². The molecule has 3 heteroatoms. The van der Waals surface area contributed by atoms with Crippen molar-refractivity contribution < 1.29 is 0 Å². The van der Waals surface area contributed by atoms with E-state index in [4.69, 9.17) is 0 Å². The lowest BCUT2D eigenvalue weighted by atomic mass is 9.94. The third-order valence-electron chi connectivity index (χ3n) is 4.33. The van der Waals surface area contributed by atoms with Crippen LogP contribution >= 0.6 is 15.9 Å². The molecule has 100 valence electrons. The van der Waals surface area contributed by atoms with E-state index in [2.05, 4.69) is 35.0 Å². The van der Waals surface area contributed by atoms with Gasteiger partial charge in [-0.1, -0.05) is 34.1 Å². The Morgan fingerprint density at radius 3 is 2.70 bits per heavy atom. The lowest BCUT2D eigenvalue weighted by Gasteiger charge is -2.26. The van der Waals surface area contributed by atoms with Gasteiger partial charge in [0.05, 0.1) is 5.52 Å². The van der Waals surface area contributed by atoms with E-state index < -0.39 is 0 Å². The van der Waals surface area contributed by atoms with Crippen molar-refractivity contribution in [3.05, 3.63) is 56.8 Å². The number of pyridine rings is 1. The molecule has 1 aromatic heterocycles. The number of fused-ring (bicyclic) bond motifs is 2. The van der Waals surface area contributed by atoms with Crippen LogP contribution in [0.3, 0.4) is 0 Å². The molecule has 20 heavy (non-hydrogen) atoms. The maximum atomic E-state index is 12.8. The Balaban J connectivity index is 2.38. The monoisotopic (exact) mass is 327 g/mol. The second-order valence-electron chi connectivity index (χ2n) is 5.57. The number of nitrogens with zero attached hydrogens (tertiary/aromatic N) is 1. The maximum absolute atomic E-state index is 12.8. The van der Waals surface area contributed by atoms with Crippen molar-refractivity contribution in [1.82, 2.24) is 4.57 Å². The summed E-state index contributed by atoms with van der Waals surface area (Å²) in [6, 6.07) is 12.5. The van der Waals surface area contributed by atoms with E-state index in [1.54, 1.807) is 0 Å². The van der Waals surface area contributed by atoms with Crippen molar-refractivity contribution in [1.29, 1.82) is 0 Å². The van der Waals surface area contributed by atoms with Crippen LogP contribution in [0.2, 0.25) is 0 Å². The van der Waals surface area contributed by atoms with E-state index in [0.29, 0.717) is 0 Å². The fourth-order valence-electron chi connectivity index (χ4n) is 3.39. The predicted octanol–water partition coefficient (Wildman–Crippen LogP) is 4.42. The van der Waals surface area contributed by atoms with Crippen LogP contribution < -0.4 is 5.56 Å². The number of aromatic nitrogens is 1. The summed E-state index contributed by atoms with van der Waals surface area (Å²) in [5.74, 6) is 0. The summed E-state index contributed by atoms with van der Waals surface area (Å²) in [5, 5.41) is 3.05. The first-order chi connectivity index (χ1) is 9.66. The fraction of sp³-hybridized carbons (Fsp3) is 0.235. The van der Waals surface area contributed by atoms with Crippen molar-refractivity contribution in [2.24, 2.45) is 0 Å². The summed E-state index contributed by atoms with van der Waals surface area (Å²) in [6.07, 6.45) is 2.06. The number of hydrogen-bond donors (Lipinski definition) is 0. The standard InChI is InChI=1S/C17H14BrNO/c1-10-6-7-11-8-12(18)9-15-13-4-2-3-5-14(13)17(20)19(10)16(11)15/h2-5,8-10H,6-7H2,1H3. The molecule has 4 rings (SSSR count). The largest absolute Gasteiger partial charge is 0.305 e. The third kappa shape index (κ3) is 1.53. The Bertz CT molecular complexity index is 910. The minimum absolute atomic E-state index is 0.142. The summed E-state index contributed by atoms with van der Waals surface area (Å²) < 4.78 is 3.08. The average Bonchev–Trinajstić information content (AvgIpc) is 2.45. The van der Waals surface area contributed by atoms with Crippen molar-refractivity contribution in [3.63, 3.8) is 0 Å². The molecule has 0 saturated carbocycles. The van der Waals surface area contributed by atoms with Gasteiger partial charge in [-0.2, -0.15) is 0 Å². The van der Waals surface area contributed by atoms with Crippen molar-refractivity contribution in [2.75, 3.05) is 0 Å². The quantitative estimate of drug-likeness (QED) is 0.560. The zero-order valence-corrected chi connectivity index (χ0v) is 12.8. The van der Waals surface area contributed by atoms with E-state index in [1.807, 2.05) is 28.8 Å². The predicted molar refractivity (Wildman–Crippen MR) is 86.4 cm³/mol. The van der Waals surface area contributed by atoms with Gasteiger partial charge >= 0.3 is 0 Å². The number of halogens is 1. The maximum Gasteiger partial charge on any atom is 0.259 e. The Hall–Kier alpha value is -1.61. The highest BCUT2D eigenvalue weighted by atomic mass is 79.9. The molecule has 0 N–H and O–H groups in total. The molecule has 0 spiro atoms. The minimum Gasteiger partial charge on any atom is -0.305 e. The van der Waals surface area contributed by atoms with Gasteiger partial charge in [-0.3, -0.25) is 4.79 Å². The van der Waals surface area contributed by atoms with Crippen LogP contribution in [-0.4, -0.2) is 4.57 Å². The average molecular weight is 328 g/mol. The molecule has 0 aliphatic carbocycles. The molecule has 0 radical (unpaired) electrons. The van der Waals surface area contributed by atoms with E-state index in [-0.39, 0.29) is 11.6 Å². The first-order valence-corrected chi connectivity index (χ1v) is 7.71. The molecule has 0 amide bonds. The lowest BCUT2D eigenvalue weighted by Crippen LogP contribution is -2.27. The van der Waals surface area contributed by atoms with Gasteiger partial charge < -0.3 is 4.57 Å². The Morgan fingerprint density at radius 1 is 1.15 bits per heavy atom. The summed E-state index contributed by atoms with van der Waals surface area (Å²) in [4.78, 5) is 12.8. The Labute approximate surface area is 125 Å². The van der Waals surface area contributed by atoms with Crippen LogP contribution in [0.25, 0.3) is 21.7 Å². The SMILES string of the molecule is CC1CCc2cc(Br)cc3c4ccccc4c(=O)n1c23. The molecule has 1 atom stereocenters. The van der Waals surface area contributed by atoms with Gasteiger partial charge in [0.25, 0.3) is 5.56 Å². The third-order valence-corrected chi connectivity index (χ3v) is 4.79. The molecule has 1 aliphatic rings. The first-order valence-electron chi connectivity index (χ1n) is 6.92. The van der Waals surface area contributed by atoms with Gasteiger partial charge in [-0.25, -0.2) is 0 Å². The highest BCUT2D eigenvalue weighted by Crippen LogP contribution is 2.35. The molecule has 3 aromatic rings. The summed E-state index contributed by atoms with van der Waals surface area (Å²) in [5.41, 5.74) is 2.54. The number of aryl methyl sites for hydroxylation is 1. The van der Waals surface area contributed by atoms with Crippen molar-refractivity contribution in [2.45, 2.75) is 25.8 Å². The van der Waals surface area contributed by atoms with Crippen LogP contribution in [0, 0.1) is 0 Å². The van der Waals surface area contributed by atoms with Gasteiger partial charge in [-0.05, 0) is 48.9 Å². The van der Waals surface area contributed by atoms with Crippen molar-refractivity contribution in [3.8, 4) is 0 Å². The summed E-state index contributed by atoms with van der Waals surface area (Å²) in [6.45, 7) is 2.14. The molecule has 1 aliphatic heterocycles. The molecule has 2 aromatic carbocycles. The van der Waals surface area contributed by atoms with Crippen molar-refractivity contribution >= 4 is 37.6 Å². The Morgan fingerprint density at radius 2 is 1.90 bits per heavy atom. The number of hydrogen-bond acceptors (Lipinski definition) is 1. The van der Waals surface area contributed by atoms with Crippen LogP contribution in [0.4, 0.5) is 0 Å². The smallest absolute Gasteiger partial charge is 0.259 e. The second-order valence-corrected chi connectivity index (χ2v) is 6.49. The molecule has 1 unspecified atom stereocenters. The molecule has 2 nitrogen and oxygen atoms in total. The molecule has 0 fully saturated rings. The van der Waals surface area contributed by atoms with Crippen LogP contribution in [0.1, 0.15) is 24.9 Å². The summed E-state index contributed by atoms with van der Waals surface area (Å²) in [7, 11) is 0. The molecular formula is C17H14BrNO. The van der Waals surface area contributed by atoms with Gasteiger partial charge in [0.1, 0.15) is 0 Å². The first kappa shape index (κ1) is 12.2. The normalized spacial score (nSPS) is 17.8. The minimum atomic E-state index is 0.142. The molecular weight excluding hydrogens is 314 g/mol. The molecule has 0 bridgehead atoms. The molecule has 2 heterocycles. The fourth-order valence-corrected chi connectivity index (χ4v) is 3.89. The van der Waals surface area contributed by atoms with Gasteiger partial charge in [0.15, 0.2) is 0 Å². The van der Waals surface area contributed by atoms with Crippen LogP contribution in [-0.2, 0) is 6.42 Å². The highest BCUT2D eigenvalue weighted by Gasteiger charge is 2.22. The zero-order chi connectivity index (χ0) is 13.9. The highest BCUT2D eigenvalue weighted by molar-refractivity contribution is 9.10. The number of rotatable bonds is 0. The van der Waals surface area contributed by atoms with E-state index in [1.165, 1.54) is 10.9 Å². The van der Waals surface area contributed by atoms with E-state index in [0.717, 1.165) is 33.6 Å². The second kappa shape index (κ2) is 4.19. The lowest BCUT2D eigenvalue weighted by molar-refractivity contribution is 0.491. The zero-order valence-electron chi connectivity index (χ0n) is 11.2. The van der Waals surface area contributed by atoms with Gasteiger partial charge in [0.2, 0.25) is 0 Å². The summed E-state index contributed by atoms with van der Waals surface area (Å²) >= 11 is 3.60. The van der Waals surface area contributed by atoms with Gasteiger partial charge in [-0.15, -0.1) is 0 Å². The number of benzene rings is 2. The topological polar surface area (TPSA) is 22.0 Å².